The van der Waals surface area contributed by atoms with E-state index in [1.165, 1.54) is 0 Å². The van der Waals surface area contributed by atoms with E-state index < -0.39 is 12.1 Å². The standard InChI is InChI=1S/C21H26F3N5O/c1-2-12-9-15(30-14-5-3-13(4-6-14)21(22,23)24)10-16(12)20-28-27-18-11-26-19-17(29(18)20)7-8-25-19/h7-8,11-16,25H,2-6,9-10H2,1H3/t12-,13?,14?,15-,16-/m1/s1. The molecule has 9 heteroatoms. The molecule has 3 heterocycles. The molecule has 2 fully saturated rings. The van der Waals surface area contributed by atoms with Crippen molar-refractivity contribution in [2.45, 2.75) is 76.2 Å². The predicted octanol–water partition coefficient (Wildman–Crippen LogP) is 5.02. The number of aromatic nitrogens is 5. The summed E-state index contributed by atoms with van der Waals surface area (Å²) in [5, 5.41) is 8.82. The van der Waals surface area contributed by atoms with E-state index in [-0.39, 0.29) is 31.0 Å². The second kappa shape index (κ2) is 7.51. The van der Waals surface area contributed by atoms with Gasteiger partial charge in [0.25, 0.3) is 0 Å². The van der Waals surface area contributed by atoms with E-state index in [0.717, 1.165) is 41.9 Å². The number of hydrogen-bond acceptors (Lipinski definition) is 4. The average molecular weight is 421 g/mol. The highest BCUT2D eigenvalue weighted by Crippen LogP contribution is 2.44. The van der Waals surface area contributed by atoms with Crippen LogP contribution in [0.25, 0.3) is 16.8 Å². The number of halogens is 3. The number of rotatable bonds is 4. The van der Waals surface area contributed by atoms with E-state index in [2.05, 4.69) is 31.5 Å². The fraction of sp³-hybridized carbons (Fsp3) is 0.667. The van der Waals surface area contributed by atoms with Crippen molar-refractivity contribution in [1.29, 1.82) is 0 Å². The fourth-order valence-electron chi connectivity index (χ4n) is 5.39. The summed E-state index contributed by atoms with van der Waals surface area (Å²) in [4.78, 5) is 7.51. The Kier molecular flexibility index (Phi) is 4.95. The minimum atomic E-state index is -4.08. The van der Waals surface area contributed by atoms with Crippen LogP contribution in [0.2, 0.25) is 0 Å². The molecule has 0 aromatic carbocycles. The van der Waals surface area contributed by atoms with Crippen LogP contribution in [0.1, 0.15) is 63.6 Å². The first-order chi connectivity index (χ1) is 14.4. The molecule has 0 unspecified atom stereocenters. The maximum absolute atomic E-state index is 12.9. The van der Waals surface area contributed by atoms with Crippen LogP contribution in [0.15, 0.2) is 18.5 Å². The van der Waals surface area contributed by atoms with Crippen molar-refractivity contribution in [3.8, 4) is 0 Å². The number of hydrogen-bond donors (Lipinski definition) is 1. The lowest BCUT2D eigenvalue weighted by Gasteiger charge is -2.31. The Morgan fingerprint density at radius 2 is 1.93 bits per heavy atom. The first-order valence-electron chi connectivity index (χ1n) is 10.8. The summed E-state index contributed by atoms with van der Waals surface area (Å²) in [6.45, 7) is 2.17. The molecule has 1 N–H and O–H groups in total. The Labute approximate surface area is 172 Å². The predicted molar refractivity (Wildman–Crippen MR) is 105 cm³/mol. The van der Waals surface area contributed by atoms with Crippen LogP contribution < -0.4 is 0 Å². The molecule has 3 aromatic rings. The van der Waals surface area contributed by atoms with Gasteiger partial charge in [0.15, 0.2) is 11.3 Å². The first-order valence-corrected chi connectivity index (χ1v) is 10.8. The molecule has 0 amide bonds. The Morgan fingerprint density at radius 1 is 1.13 bits per heavy atom. The van der Waals surface area contributed by atoms with Gasteiger partial charge in [0.2, 0.25) is 0 Å². The van der Waals surface area contributed by atoms with Crippen molar-refractivity contribution in [2.24, 2.45) is 11.8 Å². The summed E-state index contributed by atoms with van der Waals surface area (Å²) >= 11 is 0. The highest BCUT2D eigenvalue weighted by molar-refractivity contribution is 5.74. The Balaban J connectivity index is 1.32. The zero-order valence-electron chi connectivity index (χ0n) is 16.9. The van der Waals surface area contributed by atoms with Gasteiger partial charge < -0.3 is 9.72 Å². The van der Waals surface area contributed by atoms with Crippen molar-refractivity contribution < 1.29 is 17.9 Å². The molecular weight excluding hydrogens is 395 g/mol. The summed E-state index contributed by atoms with van der Waals surface area (Å²) in [5.41, 5.74) is 2.47. The van der Waals surface area contributed by atoms with Gasteiger partial charge in [-0.25, -0.2) is 4.98 Å². The van der Waals surface area contributed by atoms with E-state index in [9.17, 15) is 13.2 Å². The second-order valence-electron chi connectivity index (χ2n) is 8.74. The number of ether oxygens (including phenoxy) is 1. The third kappa shape index (κ3) is 3.46. The maximum atomic E-state index is 12.9. The highest BCUT2D eigenvalue weighted by atomic mass is 19.4. The van der Waals surface area contributed by atoms with Crippen LogP contribution in [0.3, 0.4) is 0 Å². The van der Waals surface area contributed by atoms with E-state index in [4.69, 9.17) is 4.74 Å². The summed E-state index contributed by atoms with van der Waals surface area (Å²) in [6.07, 6.45) is 3.56. The van der Waals surface area contributed by atoms with Crippen molar-refractivity contribution in [2.75, 3.05) is 0 Å². The lowest BCUT2D eigenvalue weighted by atomic mass is 9.87. The normalized spacial score (nSPS) is 30.5. The summed E-state index contributed by atoms with van der Waals surface area (Å²) in [5.74, 6) is 0.380. The molecule has 3 aromatic heterocycles. The molecule has 3 atom stereocenters. The quantitative estimate of drug-likeness (QED) is 0.643. The molecule has 0 bridgehead atoms. The van der Waals surface area contributed by atoms with Crippen molar-refractivity contribution >= 4 is 16.8 Å². The van der Waals surface area contributed by atoms with Crippen LogP contribution >= 0.6 is 0 Å². The minimum absolute atomic E-state index is 0.0586. The van der Waals surface area contributed by atoms with Gasteiger partial charge in [0.1, 0.15) is 5.82 Å². The lowest BCUT2D eigenvalue weighted by molar-refractivity contribution is -0.189. The second-order valence-corrected chi connectivity index (χ2v) is 8.74. The van der Waals surface area contributed by atoms with E-state index in [0.29, 0.717) is 18.8 Å². The van der Waals surface area contributed by atoms with Crippen LogP contribution in [-0.4, -0.2) is 43.0 Å². The molecule has 6 nitrogen and oxygen atoms in total. The van der Waals surface area contributed by atoms with E-state index in [1.807, 2.05) is 12.3 Å². The molecule has 2 aliphatic carbocycles. The number of nitrogens with one attached hydrogen (secondary N) is 1. The number of aromatic amines is 1. The average Bonchev–Trinajstić information content (AvgIpc) is 3.44. The molecular formula is C21H26F3N5O. The monoisotopic (exact) mass is 421 g/mol. The molecule has 2 saturated carbocycles. The zero-order valence-corrected chi connectivity index (χ0v) is 16.9. The number of H-pyrrole nitrogens is 1. The zero-order chi connectivity index (χ0) is 20.9. The van der Waals surface area contributed by atoms with Crippen LogP contribution in [0, 0.1) is 11.8 Å². The third-order valence-electron chi connectivity index (χ3n) is 7.00. The smallest absolute Gasteiger partial charge is 0.375 e. The Bertz CT molecular complexity index is 1020. The van der Waals surface area contributed by atoms with Crippen LogP contribution in [-0.2, 0) is 4.74 Å². The highest BCUT2D eigenvalue weighted by Gasteiger charge is 2.43. The molecule has 0 radical (unpaired) electrons. The molecule has 0 aliphatic heterocycles. The summed E-state index contributed by atoms with van der Waals surface area (Å²) < 4.78 is 47.2. The Morgan fingerprint density at radius 3 is 2.67 bits per heavy atom. The van der Waals surface area contributed by atoms with Crippen molar-refractivity contribution in [3.05, 3.63) is 24.3 Å². The summed E-state index contributed by atoms with van der Waals surface area (Å²) in [7, 11) is 0. The van der Waals surface area contributed by atoms with Crippen molar-refractivity contribution in [1.82, 2.24) is 24.6 Å². The number of nitrogens with zero attached hydrogens (tertiary/aromatic N) is 4. The Hall–Kier alpha value is -2.16. The number of alkyl halides is 3. The maximum Gasteiger partial charge on any atom is 0.391 e. The SMILES string of the molecule is CC[C@@H]1C[C@@H](OC2CCC(C(F)(F)F)CC2)C[C@H]1c1nnc2cnc3[nH]ccc3n12. The molecule has 30 heavy (non-hydrogen) atoms. The van der Waals surface area contributed by atoms with E-state index >= 15 is 0 Å². The fourth-order valence-corrected chi connectivity index (χ4v) is 5.39. The van der Waals surface area contributed by atoms with Gasteiger partial charge in [0.05, 0.1) is 29.8 Å². The van der Waals surface area contributed by atoms with Crippen molar-refractivity contribution in [3.63, 3.8) is 0 Å². The van der Waals surface area contributed by atoms with Gasteiger partial charge >= 0.3 is 6.18 Å². The van der Waals surface area contributed by atoms with E-state index in [1.54, 1.807) is 6.20 Å². The molecule has 0 saturated heterocycles. The van der Waals surface area contributed by atoms with Gasteiger partial charge in [-0.2, -0.15) is 13.2 Å². The summed E-state index contributed by atoms with van der Waals surface area (Å²) in [6, 6.07) is 1.98. The molecule has 0 spiro atoms. The van der Waals surface area contributed by atoms with Gasteiger partial charge in [-0.3, -0.25) is 4.40 Å². The van der Waals surface area contributed by atoms with Gasteiger partial charge in [-0.1, -0.05) is 13.3 Å². The number of fused-ring (bicyclic) bond motifs is 3. The molecule has 2 aliphatic rings. The molecule has 5 rings (SSSR count). The first kappa shape index (κ1) is 19.8. The largest absolute Gasteiger partial charge is 0.391 e. The topological polar surface area (TPSA) is 68.1 Å². The van der Waals surface area contributed by atoms with Gasteiger partial charge in [0, 0.05) is 12.1 Å². The molecule has 162 valence electrons. The van der Waals surface area contributed by atoms with Gasteiger partial charge in [-0.15, -0.1) is 10.2 Å². The lowest BCUT2D eigenvalue weighted by Crippen LogP contribution is -2.32. The third-order valence-corrected chi connectivity index (χ3v) is 7.00. The van der Waals surface area contributed by atoms with Gasteiger partial charge in [-0.05, 0) is 50.5 Å². The minimum Gasteiger partial charge on any atom is -0.375 e. The van der Waals surface area contributed by atoms with Crippen LogP contribution in [0.4, 0.5) is 13.2 Å². The van der Waals surface area contributed by atoms with Crippen LogP contribution in [0.5, 0.6) is 0 Å².